The molecule has 0 aliphatic carbocycles. The van der Waals surface area contributed by atoms with Crippen LogP contribution in [0.3, 0.4) is 0 Å². The maximum Gasteiger partial charge on any atom is 0.271 e. The zero-order valence-electron chi connectivity index (χ0n) is 15.3. The van der Waals surface area contributed by atoms with E-state index in [1.165, 1.54) is 18.2 Å². The Morgan fingerprint density at radius 2 is 2.06 bits per heavy atom. The zero-order valence-corrected chi connectivity index (χ0v) is 16.9. The third kappa shape index (κ3) is 5.02. The monoisotopic (exact) mass is 469 g/mol. The third-order valence-electron chi connectivity index (χ3n) is 4.01. The van der Waals surface area contributed by atoms with Gasteiger partial charge >= 0.3 is 0 Å². The van der Waals surface area contributed by atoms with E-state index in [-0.39, 0.29) is 45.2 Å². The van der Waals surface area contributed by atoms with Crippen LogP contribution in [0.2, 0.25) is 10.2 Å². The van der Waals surface area contributed by atoms with Crippen LogP contribution in [0, 0.1) is 17.1 Å². The summed E-state index contributed by atoms with van der Waals surface area (Å²) in [6.45, 7) is -0.376. The number of hydrogen-bond donors (Lipinski definition) is 3. The molecular weight excluding hydrogens is 458 g/mol. The van der Waals surface area contributed by atoms with Gasteiger partial charge in [0.1, 0.15) is 11.4 Å². The first-order chi connectivity index (χ1) is 14.7. The summed E-state index contributed by atoms with van der Waals surface area (Å²) in [4.78, 5) is 18.3. The predicted molar refractivity (Wildman–Crippen MR) is 107 cm³/mol. The normalized spacial score (nSPS) is 10.7. The summed E-state index contributed by atoms with van der Waals surface area (Å²) >= 11 is 11.6. The third-order valence-corrected chi connectivity index (χ3v) is 4.50. The largest absolute Gasteiger partial charge is 0.454 e. The summed E-state index contributed by atoms with van der Waals surface area (Å²) in [6.07, 6.45) is -3.05. The van der Waals surface area contributed by atoms with Crippen LogP contribution in [0.4, 0.5) is 19.1 Å². The minimum atomic E-state index is -3.05. The number of benzene rings is 2. The van der Waals surface area contributed by atoms with Crippen LogP contribution in [-0.2, 0) is 6.54 Å². The molecule has 0 spiro atoms. The molecule has 1 heterocycles. The number of carbonyl (C=O) groups excluding carboxylic acids is 1. The molecule has 7 nitrogen and oxygen atoms in total. The molecule has 160 valence electrons. The second-order valence-electron chi connectivity index (χ2n) is 6.12. The van der Waals surface area contributed by atoms with Gasteiger partial charge in [-0.05, 0) is 24.3 Å². The lowest BCUT2D eigenvalue weighted by molar-refractivity contribution is 0.0946. The first-order valence-electron chi connectivity index (χ1n) is 8.46. The number of aromatic amines is 1. The fourth-order valence-electron chi connectivity index (χ4n) is 2.61. The minimum Gasteiger partial charge on any atom is -0.454 e. The van der Waals surface area contributed by atoms with E-state index in [4.69, 9.17) is 38.9 Å². The molecule has 2 aromatic carbocycles. The van der Waals surface area contributed by atoms with Gasteiger partial charge in [0, 0.05) is 17.1 Å². The standard InChI is InChI=1S/C19H12Cl2F3N5O2/c20-10-3-8(6-25)4-11(5-10)31-15-12(17(23)24)2-1-9(13(15)22)7-27-18(30)14-16(21)29-19(26)28-14/h1-5,17H,7H2,(H,27,30)(H3,26,28,29). The van der Waals surface area contributed by atoms with Crippen molar-refractivity contribution in [3.05, 3.63) is 68.7 Å². The summed E-state index contributed by atoms with van der Waals surface area (Å²) < 4.78 is 47.2. The van der Waals surface area contributed by atoms with Gasteiger partial charge in [-0.3, -0.25) is 4.79 Å². The number of H-pyrrole nitrogens is 1. The number of halogens is 5. The van der Waals surface area contributed by atoms with Crippen molar-refractivity contribution < 1.29 is 22.7 Å². The number of rotatable bonds is 6. The number of ether oxygens (including phenoxy) is 1. The molecule has 0 unspecified atom stereocenters. The Labute approximate surface area is 183 Å². The van der Waals surface area contributed by atoms with Gasteiger partial charge in [-0.15, -0.1) is 0 Å². The second kappa shape index (κ2) is 9.16. The Kier molecular flexibility index (Phi) is 6.58. The van der Waals surface area contributed by atoms with Crippen LogP contribution in [0.1, 0.15) is 33.6 Å². The summed E-state index contributed by atoms with van der Waals surface area (Å²) in [6, 6.07) is 7.69. The summed E-state index contributed by atoms with van der Waals surface area (Å²) in [5.41, 5.74) is 4.52. The molecule has 0 fully saturated rings. The van der Waals surface area contributed by atoms with Crippen molar-refractivity contribution in [1.29, 1.82) is 5.26 Å². The lowest BCUT2D eigenvalue weighted by Crippen LogP contribution is -2.24. The van der Waals surface area contributed by atoms with E-state index in [0.717, 1.165) is 12.1 Å². The van der Waals surface area contributed by atoms with Crippen LogP contribution >= 0.6 is 23.2 Å². The molecular formula is C19H12Cl2F3N5O2. The average Bonchev–Trinajstić information content (AvgIpc) is 3.05. The highest BCUT2D eigenvalue weighted by atomic mass is 35.5. The highest BCUT2D eigenvalue weighted by Gasteiger charge is 2.23. The van der Waals surface area contributed by atoms with E-state index >= 15 is 4.39 Å². The number of carbonyl (C=O) groups is 1. The van der Waals surface area contributed by atoms with Crippen molar-refractivity contribution in [3.8, 4) is 17.6 Å². The maximum atomic E-state index is 15.0. The fourth-order valence-corrected chi connectivity index (χ4v) is 3.06. The number of nitrogens with zero attached hydrogens (tertiary/aromatic N) is 2. The Hall–Kier alpha value is -3.42. The van der Waals surface area contributed by atoms with E-state index in [1.807, 2.05) is 6.07 Å². The number of nitrogens with two attached hydrogens (primary N) is 1. The second-order valence-corrected chi connectivity index (χ2v) is 6.91. The molecule has 12 heteroatoms. The van der Waals surface area contributed by atoms with Gasteiger partial charge in [0.05, 0.1) is 17.2 Å². The van der Waals surface area contributed by atoms with Crippen molar-refractivity contribution in [2.24, 2.45) is 0 Å². The van der Waals surface area contributed by atoms with Crippen LogP contribution in [0.15, 0.2) is 30.3 Å². The Morgan fingerprint density at radius 3 is 2.68 bits per heavy atom. The van der Waals surface area contributed by atoms with Crippen molar-refractivity contribution >= 4 is 35.1 Å². The number of nitrogens with one attached hydrogen (secondary N) is 2. The summed E-state index contributed by atoms with van der Waals surface area (Å²) in [5, 5.41) is 11.3. The molecule has 0 radical (unpaired) electrons. The van der Waals surface area contributed by atoms with Crippen LogP contribution in [0.5, 0.6) is 11.5 Å². The molecule has 3 aromatic rings. The van der Waals surface area contributed by atoms with Gasteiger partial charge in [0.15, 0.2) is 22.7 Å². The Balaban J connectivity index is 1.90. The number of nitrogen functional groups attached to an aromatic ring is 1. The number of anilines is 1. The van der Waals surface area contributed by atoms with E-state index in [9.17, 15) is 13.6 Å². The quantitative estimate of drug-likeness (QED) is 0.471. The van der Waals surface area contributed by atoms with E-state index in [0.29, 0.717) is 0 Å². The molecule has 4 N–H and O–H groups in total. The number of hydrogen-bond acceptors (Lipinski definition) is 5. The topological polar surface area (TPSA) is 117 Å². The molecule has 0 bridgehead atoms. The van der Waals surface area contributed by atoms with Crippen LogP contribution in [0.25, 0.3) is 0 Å². The molecule has 0 aliphatic rings. The number of amides is 1. The smallest absolute Gasteiger partial charge is 0.271 e. The average molecular weight is 470 g/mol. The lowest BCUT2D eigenvalue weighted by atomic mass is 10.1. The summed E-state index contributed by atoms with van der Waals surface area (Å²) in [7, 11) is 0. The van der Waals surface area contributed by atoms with Gasteiger partial charge < -0.3 is 20.8 Å². The Bertz CT molecular complexity index is 1190. The summed E-state index contributed by atoms with van der Waals surface area (Å²) in [5.74, 6) is -2.80. The lowest BCUT2D eigenvalue weighted by Gasteiger charge is -2.15. The minimum absolute atomic E-state index is 0.0865. The van der Waals surface area contributed by atoms with E-state index in [1.54, 1.807) is 0 Å². The van der Waals surface area contributed by atoms with Gasteiger partial charge in [-0.25, -0.2) is 18.2 Å². The van der Waals surface area contributed by atoms with Crippen LogP contribution in [-0.4, -0.2) is 15.9 Å². The fraction of sp³-hybridized carbons (Fsp3) is 0.105. The Morgan fingerprint density at radius 1 is 1.32 bits per heavy atom. The maximum absolute atomic E-state index is 15.0. The first-order valence-corrected chi connectivity index (χ1v) is 9.22. The van der Waals surface area contributed by atoms with Gasteiger partial charge in [-0.2, -0.15) is 5.26 Å². The van der Waals surface area contributed by atoms with Gasteiger partial charge in [-0.1, -0.05) is 29.3 Å². The van der Waals surface area contributed by atoms with E-state index in [2.05, 4.69) is 15.3 Å². The molecule has 1 amide bonds. The van der Waals surface area contributed by atoms with Crippen molar-refractivity contribution in [2.75, 3.05) is 5.73 Å². The highest BCUT2D eigenvalue weighted by molar-refractivity contribution is 6.32. The van der Waals surface area contributed by atoms with E-state index < -0.39 is 29.5 Å². The van der Waals surface area contributed by atoms with Crippen LogP contribution < -0.4 is 15.8 Å². The zero-order chi connectivity index (χ0) is 22.7. The SMILES string of the molecule is N#Cc1cc(Cl)cc(Oc2c(C(F)F)ccc(CNC(=O)c3[nH]c(N)nc3Cl)c2F)c1. The molecule has 31 heavy (non-hydrogen) atoms. The number of nitriles is 1. The molecule has 0 saturated carbocycles. The number of imidazole rings is 1. The van der Waals surface area contributed by atoms with Crippen molar-refractivity contribution in [1.82, 2.24) is 15.3 Å². The molecule has 0 atom stereocenters. The number of alkyl halides is 2. The molecule has 0 aliphatic heterocycles. The van der Waals surface area contributed by atoms with Gasteiger partial charge in [0.2, 0.25) is 0 Å². The highest BCUT2D eigenvalue weighted by Crippen LogP contribution is 2.37. The predicted octanol–water partition coefficient (Wildman–Crippen LogP) is 4.97. The first kappa shape index (κ1) is 22.3. The molecule has 3 rings (SSSR count). The van der Waals surface area contributed by atoms with Crippen molar-refractivity contribution in [3.63, 3.8) is 0 Å². The molecule has 0 saturated heterocycles. The van der Waals surface area contributed by atoms with Crippen molar-refractivity contribution in [2.45, 2.75) is 13.0 Å². The van der Waals surface area contributed by atoms with Gasteiger partial charge in [0.25, 0.3) is 12.3 Å². The molecule has 1 aromatic heterocycles. The number of aromatic nitrogens is 2.